The molecule has 140 valence electrons. The SMILES string of the molecule is Ic1ccccc1C[P+](c1ccccc1)(c1ccccc1)c1ccccc1.[Br-]. The summed E-state index contributed by atoms with van der Waals surface area (Å²) in [4.78, 5) is 0. The normalized spacial score (nSPS) is 10.9. The van der Waals surface area contributed by atoms with E-state index < -0.39 is 7.26 Å². The molecule has 4 aromatic carbocycles. The first-order valence-electron chi connectivity index (χ1n) is 9.09. The minimum atomic E-state index is -1.81. The van der Waals surface area contributed by atoms with Gasteiger partial charge in [-0.1, -0.05) is 72.8 Å². The molecule has 0 unspecified atom stereocenters. The maximum atomic E-state index is 2.48. The Kier molecular flexibility index (Phi) is 7.45. The van der Waals surface area contributed by atoms with Crippen LogP contribution >= 0.6 is 29.9 Å². The summed E-state index contributed by atoms with van der Waals surface area (Å²) >= 11 is 2.48. The van der Waals surface area contributed by atoms with Crippen molar-refractivity contribution in [3.05, 3.63) is 124 Å². The van der Waals surface area contributed by atoms with Gasteiger partial charge in [-0.3, -0.25) is 0 Å². The molecule has 0 radical (unpaired) electrons. The fourth-order valence-electron chi connectivity index (χ4n) is 3.65. The maximum Gasteiger partial charge on any atom is 0.116 e. The smallest absolute Gasteiger partial charge is 0.116 e. The molecule has 0 fully saturated rings. The van der Waals surface area contributed by atoms with E-state index in [4.69, 9.17) is 0 Å². The zero-order valence-corrected chi connectivity index (χ0v) is 20.0. The van der Waals surface area contributed by atoms with Crippen LogP contribution in [-0.2, 0) is 6.16 Å². The first kappa shape index (κ1) is 21.2. The molecule has 0 heterocycles. The molecule has 0 spiro atoms. The summed E-state index contributed by atoms with van der Waals surface area (Å²) in [6.45, 7) is 0. The second-order valence-corrected chi connectivity index (χ2v) is 11.2. The molecule has 28 heavy (non-hydrogen) atoms. The van der Waals surface area contributed by atoms with Crippen molar-refractivity contribution in [3.63, 3.8) is 0 Å². The van der Waals surface area contributed by atoms with Crippen molar-refractivity contribution < 1.29 is 17.0 Å². The van der Waals surface area contributed by atoms with E-state index in [9.17, 15) is 0 Å². The van der Waals surface area contributed by atoms with E-state index >= 15 is 0 Å². The van der Waals surface area contributed by atoms with E-state index in [0.29, 0.717) is 0 Å². The predicted molar refractivity (Wildman–Crippen MR) is 128 cm³/mol. The van der Waals surface area contributed by atoms with Crippen molar-refractivity contribution >= 4 is 45.8 Å². The van der Waals surface area contributed by atoms with Crippen molar-refractivity contribution in [2.45, 2.75) is 6.16 Å². The third-order valence-electron chi connectivity index (χ3n) is 4.96. The Hall–Kier alpha value is -1.48. The van der Waals surface area contributed by atoms with Crippen molar-refractivity contribution in [2.24, 2.45) is 0 Å². The lowest BCUT2D eigenvalue weighted by Gasteiger charge is -2.28. The van der Waals surface area contributed by atoms with Crippen LogP contribution in [0.1, 0.15) is 5.56 Å². The highest BCUT2D eigenvalue weighted by Gasteiger charge is 2.45. The van der Waals surface area contributed by atoms with Crippen LogP contribution in [0.2, 0.25) is 0 Å². The van der Waals surface area contributed by atoms with E-state index in [1.807, 2.05) is 0 Å². The molecule has 4 aromatic rings. The van der Waals surface area contributed by atoms with E-state index in [1.165, 1.54) is 25.0 Å². The highest BCUT2D eigenvalue weighted by molar-refractivity contribution is 14.1. The average Bonchev–Trinajstić information content (AvgIpc) is 2.75. The predicted octanol–water partition coefficient (Wildman–Crippen LogP) is 2.79. The van der Waals surface area contributed by atoms with Gasteiger partial charge < -0.3 is 17.0 Å². The second-order valence-electron chi connectivity index (χ2n) is 6.57. The first-order valence-corrected chi connectivity index (χ1v) is 12.1. The molecular formula is C25H21BrIP. The highest BCUT2D eigenvalue weighted by atomic mass is 127. The molecule has 4 rings (SSSR count). The molecule has 0 aliphatic rings. The molecule has 0 bridgehead atoms. The fraction of sp³-hybridized carbons (Fsp3) is 0.0400. The topological polar surface area (TPSA) is 0 Å². The summed E-state index contributed by atoms with van der Waals surface area (Å²) < 4.78 is 1.34. The molecule has 0 atom stereocenters. The van der Waals surface area contributed by atoms with Gasteiger partial charge in [0.2, 0.25) is 0 Å². The quantitative estimate of drug-likeness (QED) is 0.261. The van der Waals surface area contributed by atoms with Crippen LogP contribution in [0.25, 0.3) is 0 Å². The van der Waals surface area contributed by atoms with Crippen LogP contribution in [-0.4, -0.2) is 0 Å². The Morgan fingerprint density at radius 2 is 0.857 bits per heavy atom. The van der Waals surface area contributed by atoms with Gasteiger partial charge in [0.25, 0.3) is 0 Å². The number of hydrogen-bond acceptors (Lipinski definition) is 0. The molecule has 3 heteroatoms. The molecule has 0 N–H and O–H groups in total. The highest BCUT2D eigenvalue weighted by Crippen LogP contribution is 2.58. The summed E-state index contributed by atoms with van der Waals surface area (Å²) in [7, 11) is -1.81. The summed E-state index contributed by atoms with van der Waals surface area (Å²) in [5, 5.41) is 4.30. The largest absolute Gasteiger partial charge is 1.00 e. The Balaban J connectivity index is 0.00000225. The van der Waals surface area contributed by atoms with Crippen LogP contribution in [0.4, 0.5) is 0 Å². The standard InChI is InChI=1S/C25H21IP.BrH/c26-25-19-11-10-12-21(25)20-27(22-13-4-1-5-14-22,23-15-6-2-7-16-23)24-17-8-3-9-18-24;/h1-19H,20H2;1H/q+1;/p-1. The van der Waals surface area contributed by atoms with Crippen molar-refractivity contribution in [1.29, 1.82) is 0 Å². The number of hydrogen-bond donors (Lipinski definition) is 0. The van der Waals surface area contributed by atoms with Gasteiger partial charge in [0.1, 0.15) is 23.2 Å². The lowest BCUT2D eigenvalue weighted by atomic mass is 10.2. The third-order valence-corrected chi connectivity index (χ3v) is 10.4. The molecule has 0 amide bonds. The van der Waals surface area contributed by atoms with Crippen molar-refractivity contribution in [1.82, 2.24) is 0 Å². The van der Waals surface area contributed by atoms with Gasteiger partial charge in [-0.15, -0.1) is 0 Å². The zero-order valence-electron chi connectivity index (χ0n) is 15.4. The summed E-state index contributed by atoms with van der Waals surface area (Å²) in [6, 6.07) is 42.0. The number of benzene rings is 4. The van der Waals surface area contributed by atoms with Crippen LogP contribution < -0.4 is 32.9 Å². The van der Waals surface area contributed by atoms with Gasteiger partial charge in [0, 0.05) is 9.13 Å². The van der Waals surface area contributed by atoms with Gasteiger partial charge in [-0.2, -0.15) is 0 Å². The lowest BCUT2D eigenvalue weighted by molar-refractivity contribution is -0.00000508. The molecule has 0 aliphatic heterocycles. The van der Waals surface area contributed by atoms with Crippen LogP contribution in [0.5, 0.6) is 0 Å². The Bertz CT molecular complexity index is 907. The minimum absolute atomic E-state index is 0. The Morgan fingerprint density at radius 3 is 1.25 bits per heavy atom. The Morgan fingerprint density at radius 1 is 0.500 bits per heavy atom. The third kappa shape index (κ3) is 4.25. The Labute approximate surface area is 192 Å². The lowest BCUT2D eigenvalue weighted by Crippen LogP contribution is -3.00. The van der Waals surface area contributed by atoms with Gasteiger partial charge >= 0.3 is 0 Å². The maximum absolute atomic E-state index is 2.48. The summed E-state index contributed by atoms with van der Waals surface area (Å²) in [6.07, 6.45) is 1.03. The second kappa shape index (κ2) is 9.82. The average molecular weight is 559 g/mol. The van der Waals surface area contributed by atoms with Crippen molar-refractivity contribution in [3.8, 4) is 0 Å². The summed E-state index contributed by atoms with van der Waals surface area (Å²) in [5.74, 6) is 0. The van der Waals surface area contributed by atoms with Gasteiger partial charge in [-0.25, -0.2) is 0 Å². The van der Waals surface area contributed by atoms with E-state index in [2.05, 4.69) is 138 Å². The van der Waals surface area contributed by atoms with Crippen molar-refractivity contribution in [2.75, 3.05) is 0 Å². The van der Waals surface area contributed by atoms with Gasteiger partial charge in [0.05, 0.1) is 6.16 Å². The van der Waals surface area contributed by atoms with Crippen LogP contribution in [0.3, 0.4) is 0 Å². The number of rotatable bonds is 5. The fourth-order valence-corrected chi connectivity index (χ4v) is 8.80. The van der Waals surface area contributed by atoms with Crippen LogP contribution in [0, 0.1) is 3.57 Å². The molecule has 0 saturated heterocycles. The minimum Gasteiger partial charge on any atom is -1.00 e. The first-order chi connectivity index (χ1) is 13.3. The molecule has 0 aliphatic carbocycles. The van der Waals surface area contributed by atoms with E-state index in [-0.39, 0.29) is 17.0 Å². The molecule has 0 aromatic heterocycles. The molecule has 0 saturated carbocycles. The van der Waals surface area contributed by atoms with E-state index in [1.54, 1.807) is 0 Å². The number of halogens is 2. The van der Waals surface area contributed by atoms with Gasteiger partial charge in [0.15, 0.2) is 0 Å². The van der Waals surface area contributed by atoms with Crippen LogP contribution in [0.15, 0.2) is 115 Å². The summed E-state index contributed by atoms with van der Waals surface area (Å²) in [5.41, 5.74) is 1.42. The monoisotopic (exact) mass is 558 g/mol. The zero-order chi connectivity index (χ0) is 18.5. The molecule has 0 nitrogen and oxygen atoms in total. The van der Waals surface area contributed by atoms with E-state index in [0.717, 1.165) is 6.16 Å². The molecular weight excluding hydrogens is 538 g/mol. The van der Waals surface area contributed by atoms with Gasteiger partial charge in [-0.05, 0) is 65.1 Å².